The van der Waals surface area contributed by atoms with E-state index < -0.39 is 6.04 Å². The molecule has 2 heterocycles. The summed E-state index contributed by atoms with van der Waals surface area (Å²) >= 11 is 0. The van der Waals surface area contributed by atoms with Gasteiger partial charge in [-0.1, -0.05) is 30.6 Å². The highest BCUT2D eigenvalue weighted by Crippen LogP contribution is 2.35. The lowest BCUT2D eigenvalue weighted by Gasteiger charge is -2.27. The molecular weight excluding hydrogens is 332 g/mol. The van der Waals surface area contributed by atoms with Gasteiger partial charge in [-0.2, -0.15) is 4.68 Å². The third kappa shape index (κ3) is 3.40. The summed E-state index contributed by atoms with van der Waals surface area (Å²) in [6.07, 6.45) is 1.81. The van der Waals surface area contributed by atoms with Crippen LogP contribution in [0, 0.1) is 0 Å². The van der Waals surface area contributed by atoms with Crippen molar-refractivity contribution < 1.29 is 9.53 Å². The average Bonchev–Trinajstić information content (AvgIpc) is 3.08. The normalized spacial score (nSPS) is 16.1. The van der Waals surface area contributed by atoms with Crippen LogP contribution in [0.5, 0.6) is 0 Å². The smallest absolute Gasteiger partial charge is 0.338 e. The maximum atomic E-state index is 12.8. The first kappa shape index (κ1) is 17.9. The van der Waals surface area contributed by atoms with Gasteiger partial charge in [-0.15, -0.1) is 0 Å². The lowest BCUT2D eigenvalue weighted by Crippen LogP contribution is -2.29. The highest BCUT2D eigenvalue weighted by atomic mass is 16.5. The second-order valence-corrected chi connectivity index (χ2v) is 6.49. The molecule has 8 nitrogen and oxygen atoms in total. The highest BCUT2D eigenvalue weighted by molar-refractivity contribution is 5.92. The number of tetrazole rings is 1. The third-order valence-electron chi connectivity index (χ3n) is 4.39. The van der Waals surface area contributed by atoms with Crippen molar-refractivity contribution in [3.05, 3.63) is 41.1 Å². The van der Waals surface area contributed by atoms with Crippen molar-refractivity contribution >= 4 is 17.6 Å². The molecule has 1 aliphatic heterocycles. The molecule has 0 amide bonds. The molecule has 0 fully saturated rings. The van der Waals surface area contributed by atoms with Crippen molar-refractivity contribution in [3.63, 3.8) is 0 Å². The van der Waals surface area contributed by atoms with Gasteiger partial charge in [0, 0.05) is 25.5 Å². The Bertz CT molecular complexity index is 809. The van der Waals surface area contributed by atoms with Crippen LogP contribution in [0.2, 0.25) is 0 Å². The van der Waals surface area contributed by atoms with E-state index in [4.69, 9.17) is 4.74 Å². The number of esters is 1. The molecule has 1 atom stereocenters. The molecule has 0 unspecified atom stereocenters. The Kier molecular flexibility index (Phi) is 5.20. The lowest BCUT2D eigenvalue weighted by atomic mass is 9.95. The minimum absolute atomic E-state index is 0.341. The Hall–Kier alpha value is -2.90. The number of aromatic nitrogens is 4. The molecule has 8 heteroatoms. The topological polar surface area (TPSA) is 85.2 Å². The lowest BCUT2D eigenvalue weighted by molar-refractivity contribution is -0.139. The monoisotopic (exact) mass is 356 g/mol. The minimum atomic E-state index is -0.424. The number of hydrogen-bond donors (Lipinski definition) is 1. The fourth-order valence-electron chi connectivity index (χ4n) is 2.93. The van der Waals surface area contributed by atoms with E-state index in [1.54, 1.807) is 4.68 Å². The Balaban J connectivity index is 1.99. The average molecular weight is 356 g/mol. The van der Waals surface area contributed by atoms with Gasteiger partial charge in [-0.05, 0) is 41.5 Å². The number of nitrogens with one attached hydrogen (secondary N) is 1. The van der Waals surface area contributed by atoms with Gasteiger partial charge in [0.15, 0.2) is 0 Å². The van der Waals surface area contributed by atoms with Crippen molar-refractivity contribution in [1.82, 2.24) is 20.2 Å². The van der Waals surface area contributed by atoms with Crippen molar-refractivity contribution in [2.24, 2.45) is 0 Å². The molecule has 26 heavy (non-hydrogen) atoms. The molecular formula is C18H24N6O2. The molecule has 1 aromatic carbocycles. The summed E-state index contributed by atoms with van der Waals surface area (Å²) in [5.41, 5.74) is 3.23. The second kappa shape index (κ2) is 7.55. The van der Waals surface area contributed by atoms with Crippen LogP contribution in [-0.4, -0.2) is 46.9 Å². The molecule has 0 saturated carbocycles. The molecule has 0 radical (unpaired) electrons. The summed E-state index contributed by atoms with van der Waals surface area (Å²) in [6.45, 7) is 4.31. The summed E-state index contributed by atoms with van der Waals surface area (Å²) in [7, 11) is 3.97. The second-order valence-electron chi connectivity index (χ2n) is 6.49. The van der Waals surface area contributed by atoms with Crippen molar-refractivity contribution in [2.45, 2.75) is 32.7 Å². The Morgan fingerprint density at radius 2 is 2.04 bits per heavy atom. The summed E-state index contributed by atoms with van der Waals surface area (Å²) in [4.78, 5) is 14.8. The van der Waals surface area contributed by atoms with Crippen molar-refractivity contribution in [3.8, 4) is 0 Å². The molecule has 138 valence electrons. The first-order chi connectivity index (χ1) is 12.5. The zero-order valence-electron chi connectivity index (χ0n) is 15.6. The van der Waals surface area contributed by atoms with Crippen LogP contribution < -0.4 is 10.2 Å². The fraction of sp³-hybridized carbons (Fsp3) is 0.444. The Morgan fingerprint density at radius 1 is 1.31 bits per heavy atom. The highest BCUT2D eigenvalue weighted by Gasteiger charge is 2.34. The van der Waals surface area contributed by atoms with Crippen molar-refractivity contribution in [2.75, 3.05) is 30.9 Å². The van der Waals surface area contributed by atoms with E-state index in [0.717, 1.165) is 24.1 Å². The molecule has 1 aliphatic rings. The first-order valence-electron chi connectivity index (χ1n) is 8.73. The minimum Gasteiger partial charge on any atom is -0.462 e. The van der Waals surface area contributed by atoms with E-state index in [2.05, 4.69) is 27.8 Å². The summed E-state index contributed by atoms with van der Waals surface area (Å²) in [5, 5.41) is 14.9. The third-order valence-corrected chi connectivity index (χ3v) is 4.39. The summed E-state index contributed by atoms with van der Waals surface area (Å²) in [6, 6.07) is 7.58. The first-order valence-corrected chi connectivity index (χ1v) is 8.73. The number of ether oxygens (including phenoxy) is 1. The number of carbonyl (C=O) groups excluding carboxylic acids is 1. The van der Waals surface area contributed by atoms with Crippen molar-refractivity contribution in [1.29, 1.82) is 0 Å². The zero-order chi connectivity index (χ0) is 18.7. The number of anilines is 2. The van der Waals surface area contributed by atoms with E-state index in [-0.39, 0.29) is 5.97 Å². The van der Waals surface area contributed by atoms with E-state index in [1.807, 2.05) is 50.2 Å². The number of hydrogen-bond acceptors (Lipinski definition) is 7. The van der Waals surface area contributed by atoms with Gasteiger partial charge in [0.25, 0.3) is 0 Å². The van der Waals surface area contributed by atoms with Crippen LogP contribution in [0.4, 0.5) is 11.6 Å². The van der Waals surface area contributed by atoms with Gasteiger partial charge in [0.05, 0.1) is 12.2 Å². The zero-order valence-corrected chi connectivity index (χ0v) is 15.6. The largest absolute Gasteiger partial charge is 0.462 e. The maximum absolute atomic E-state index is 12.8. The van der Waals surface area contributed by atoms with Crippen LogP contribution in [0.3, 0.4) is 0 Å². The number of allylic oxidation sites excluding steroid dienone is 1. The van der Waals surface area contributed by atoms with E-state index in [1.165, 1.54) is 0 Å². The molecule has 1 N–H and O–H groups in total. The van der Waals surface area contributed by atoms with Crippen LogP contribution in [0.15, 0.2) is 35.5 Å². The standard InChI is InChI=1S/C18H24N6O2/c1-5-6-11-26-17(25)15-12(2)19-18-20-21-22-24(18)16(15)13-7-9-14(10-8-13)23(3)4/h7-10,16H,5-6,11H2,1-4H3,(H,19,20,22)/t16-/m0/s1. The number of unbranched alkanes of at least 4 members (excludes halogenated alkanes) is 1. The molecule has 0 saturated heterocycles. The molecule has 1 aromatic heterocycles. The number of rotatable bonds is 6. The molecule has 2 aromatic rings. The van der Waals surface area contributed by atoms with Gasteiger partial charge < -0.3 is 15.0 Å². The summed E-state index contributed by atoms with van der Waals surface area (Å²) in [5.74, 6) is 0.167. The maximum Gasteiger partial charge on any atom is 0.338 e. The Labute approximate surface area is 152 Å². The fourth-order valence-corrected chi connectivity index (χ4v) is 2.93. The molecule has 0 spiro atoms. The van der Waals surface area contributed by atoms with Crippen LogP contribution in [0.1, 0.15) is 38.3 Å². The van der Waals surface area contributed by atoms with Gasteiger partial charge >= 0.3 is 5.97 Å². The number of fused-ring (bicyclic) bond motifs is 1. The van der Waals surface area contributed by atoms with Gasteiger partial charge in [-0.25, -0.2) is 4.79 Å². The Morgan fingerprint density at radius 3 is 2.69 bits per heavy atom. The van der Waals surface area contributed by atoms with E-state index in [9.17, 15) is 4.79 Å². The SMILES string of the molecule is CCCCOC(=O)C1=C(C)Nc2nnnn2[C@H]1c1ccc(N(C)C)cc1. The number of nitrogens with zero attached hydrogens (tertiary/aromatic N) is 5. The quantitative estimate of drug-likeness (QED) is 0.628. The molecule has 3 rings (SSSR count). The van der Waals surface area contributed by atoms with E-state index in [0.29, 0.717) is 23.8 Å². The van der Waals surface area contributed by atoms with Crippen LogP contribution >= 0.6 is 0 Å². The predicted octanol–water partition coefficient (Wildman–Crippen LogP) is 2.37. The van der Waals surface area contributed by atoms with Crippen LogP contribution in [0.25, 0.3) is 0 Å². The molecule has 0 bridgehead atoms. The predicted molar refractivity (Wildman–Crippen MR) is 98.9 cm³/mol. The number of benzene rings is 1. The van der Waals surface area contributed by atoms with Gasteiger partial charge in [0.2, 0.25) is 5.95 Å². The summed E-state index contributed by atoms with van der Waals surface area (Å²) < 4.78 is 7.09. The number of carbonyl (C=O) groups is 1. The van der Waals surface area contributed by atoms with Gasteiger partial charge in [0.1, 0.15) is 6.04 Å². The van der Waals surface area contributed by atoms with Gasteiger partial charge in [-0.3, -0.25) is 0 Å². The van der Waals surface area contributed by atoms with Crippen LogP contribution in [-0.2, 0) is 9.53 Å². The van der Waals surface area contributed by atoms with E-state index >= 15 is 0 Å². The molecule has 0 aliphatic carbocycles.